The average molecular weight is 501 g/mol. The van der Waals surface area contributed by atoms with Crippen molar-refractivity contribution in [3.8, 4) is 11.8 Å². The highest BCUT2D eigenvalue weighted by molar-refractivity contribution is 7.15. The third-order valence-electron chi connectivity index (χ3n) is 6.89. The van der Waals surface area contributed by atoms with Crippen molar-refractivity contribution >= 4 is 34.8 Å². The van der Waals surface area contributed by atoms with E-state index in [9.17, 15) is 14.4 Å². The van der Waals surface area contributed by atoms with Gasteiger partial charge < -0.3 is 9.64 Å². The standard InChI is InChI=1S/C28H40N2O4S/c1-18(2)29-16-8-9-22(26(29)32)30(25(31)20-12-10-19(3)11-13-20)23-17-21(14-15-28(4,5)6)35-24(23)27(33)34-7/h17-20,22H,8-13,16H2,1-7H3/t19?,20?,22-/m0/s1. The number of thiophene rings is 1. The zero-order valence-corrected chi connectivity index (χ0v) is 23.1. The molecule has 0 unspecified atom stereocenters. The fourth-order valence-electron chi connectivity index (χ4n) is 4.89. The van der Waals surface area contributed by atoms with E-state index in [1.54, 1.807) is 11.0 Å². The second-order valence-electron chi connectivity index (χ2n) is 11.3. The molecule has 1 saturated carbocycles. The van der Waals surface area contributed by atoms with Crippen LogP contribution >= 0.6 is 11.3 Å². The Kier molecular flexibility index (Phi) is 8.69. The minimum atomic E-state index is -0.626. The number of carbonyl (C=O) groups excluding carboxylic acids is 3. The van der Waals surface area contributed by atoms with E-state index in [1.165, 1.54) is 18.4 Å². The molecule has 2 aliphatic rings. The van der Waals surface area contributed by atoms with Crippen molar-refractivity contribution in [3.05, 3.63) is 15.8 Å². The van der Waals surface area contributed by atoms with Crippen LogP contribution in [0.2, 0.25) is 0 Å². The molecule has 1 saturated heterocycles. The number of hydrogen-bond donors (Lipinski definition) is 0. The Hall–Kier alpha value is -2.33. The number of piperidine rings is 1. The van der Waals surface area contributed by atoms with Crippen LogP contribution in [0.25, 0.3) is 0 Å². The van der Waals surface area contributed by atoms with Gasteiger partial charge in [0.25, 0.3) is 0 Å². The lowest BCUT2D eigenvalue weighted by molar-refractivity contribution is -0.139. The molecule has 2 heterocycles. The van der Waals surface area contributed by atoms with E-state index in [0.29, 0.717) is 34.3 Å². The fourth-order valence-corrected chi connectivity index (χ4v) is 5.81. The molecule has 1 atom stereocenters. The number of anilines is 1. The topological polar surface area (TPSA) is 66.9 Å². The van der Waals surface area contributed by atoms with Crippen LogP contribution in [0, 0.1) is 29.1 Å². The maximum Gasteiger partial charge on any atom is 0.350 e. The second-order valence-corrected chi connectivity index (χ2v) is 12.3. The highest BCUT2D eigenvalue weighted by Gasteiger charge is 2.42. The smallest absolute Gasteiger partial charge is 0.350 e. The van der Waals surface area contributed by atoms with Gasteiger partial charge in [-0.15, -0.1) is 11.3 Å². The molecule has 35 heavy (non-hydrogen) atoms. The Morgan fingerprint density at radius 3 is 2.40 bits per heavy atom. The van der Waals surface area contributed by atoms with Gasteiger partial charge in [0.1, 0.15) is 10.9 Å². The van der Waals surface area contributed by atoms with Crippen molar-refractivity contribution in [1.82, 2.24) is 4.90 Å². The number of ether oxygens (including phenoxy) is 1. The molecule has 0 spiro atoms. The number of hydrogen-bond acceptors (Lipinski definition) is 5. The maximum atomic E-state index is 14.1. The van der Waals surface area contributed by atoms with Crippen molar-refractivity contribution in [3.63, 3.8) is 0 Å². The molecule has 6 nitrogen and oxygen atoms in total. The lowest BCUT2D eigenvalue weighted by atomic mass is 9.82. The molecule has 1 aliphatic carbocycles. The maximum absolute atomic E-state index is 14.1. The third-order valence-corrected chi connectivity index (χ3v) is 7.91. The van der Waals surface area contributed by atoms with Gasteiger partial charge in [-0.3, -0.25) is 14.5 Å². The van der Waals surface area contributed by atoms with Gasteiger partial charge in [0.05, 0.1) is 17.7 Å². The first-order valence-corrected chi connectivity index (χ1v) is 13.6. The molecule has 3 rings (SSSR count). The van der Waals surface area contributed by atoms with Crippen molar-refractivity contribution in [2.24, 2.45) is 17.3 Å². The van der Waals surface area contributed by atoms with Gasteiger partial charge in [0, 0.05) is 23.9 Å². The summed E-state index contributed by atoms with van der Waals surface area (Å²) in [7, 11) is 1.34. The summed E-state index contributed by atoms with van der Waals surface area (Å²) in [6, 6.07) is 1.23. The molecule has 7 heteroatoms. The van der Waals surface area contributed by atoms with Crippen molar-refractivity contribution in [2.45, 2.75) is 92.2 Å². The molecular formula is C28H40N2O4S. The van der Waals surface area contributed by atoms with Crippen LogP contribution in [0.3, 0.4) is 0 Å². The van der Waals surface area contributed by atoms with Crippen molar-refractivity contribution in [2.75, 3.05) is 18.6 Å². The normalized spacial score (nSPS) is 23.0. The molecule has 1 aliphatic heterocycles. The van der Waals surface area contributed by atoms with Crippen LogP contribution in [-0.4, -0.2) is 48.4 Å². The lowest BCUT2D eigenvalue weighted by Crippen LogP contribution is -2.57. The average Bonchev–Trinajstić information content (AvgIpc) is 3.22. The number of esters is 1. The summed E-state index contributed by atoms with van der Waals surface area (Å²) in [5.74, 6) is 6.23. The summed E-state index contributed by atoms with van der Waals surface area (Å²) < 4.78 is 5.09. The number of likely N-dealkylation sites (tertiary alicyclic amines) is 1. The van der Waals surface area contributed by atoms with E-state index in [4.69, 9.17) is 4.74 Å². The van der Waals surface area contributed by atoms with Gasteiger partial charge in [-0.2, -0.15) is 0 Å². The van der Waals surface area contributed by atoms with Crippen LogP contribution in [0.5, 0.6) is 0 Å². The minimum Gasteiger partial charge on any atom is -0.465 e. The zero-order chi connectivity index (χ0) is 25.9. The molecule has 2 fully saturated rings. The summed E-state index contributed by atoms with van der Waals surface area (Å²) in [5, 5.41) is 0. The molecule has 0 bridgehead atoms. The number of amides is 2. The molecule has 1 aromatic heterocycles. The third kappa shape index (κ3) is 6.46. The quantitative estimate of drug-likeness (QED) is 0.396. The predicted molar refractivity (Wildman–Crippen MR) is 140 cm³/mol. The molecule has 1 aromatic rings. The molecule has 0 aromatic carbocycles. The summed E-state index contributed by atoms with van der Waals surface area (Å²) in [4.78, 5) is 45.1. The van der Waals surface area contributed by atoms with Crippen LogP contribution in [0.1, 0.15) is 94.6 Å². The summed E-state index contributed by atoms with van der Waals surface area (Å²) in [5.41, 5.74) is 0.258. The fraction of sp³-hybridized carbons (Fsp3) is 0.679. The highest BCUT2D eigenvalue weighted by Crippen LogP contribution is 2.38. The molecular weight excluding hydrogens is 460 g/mol. The molecule has 0 radical (unpaired) electrons. The highest BCUT2D eigenvalue weighted by atomic mass is 32.1. The second kappa shape index (κ2) is 11.2. The van der Waals surface area contributed by atoms with Crippen LogP contribution < -0.4 is 4.90 Å². The number of rotatable bonds is 5. The molecule has 192 valence electrons. The van der Waals surface area contributed by atoms with Gasteiger partial charge in [-0.05, 0) is 85.1 Å². The van der Waals surface area contributed by atoms with E-state index in [1.807, 2.05) is 39.5 Å². The Balaban J connectivity index is 2.11. The summed E-state index contributed by atoms with van der Waals surface area (Å²) >= 11 is 1.23. The Labute approximate surface area is 214 Å². The number of methoxy groups -OCH3 is 1. The first kappa shape index (κ1) is 27.3. The van der Waals surface area contributed by atoms with Gasteiger partial charge in [0.2, 0.25) is 11.8 Å². The molecule has 0 N–H and O–H groups in total. The van der Waals surface area contributed by atoms with E-state index in [-0.39, 0.29) is 29.2 Å². The SMILES string of the molecule is COC(=O)c1sc(C#CC(C)(C)C)cc1N(C(=O)C1CCC(C)CC1)[C@H]1CCCN(C(C)C)C1=O. The van der Waals surface area contributed by atoms with E-state index >= 15 is 0 Å². The van der Waals surface area contributed by atoms with Crippen molar-refractivity contribution in [1.29, 1.82) is 0 Å². The lowest BCUT2D eigenvalue weighted by Gasteiger charge is -2.41. The van der Waals surface area contributed by atoms with Crippen LogP contribution in [0.4, 0.5) is 5.69 Å². The van der Waals surface area contributed by atoms with E-state index < -0.39 is 12.0 Å². The first-order valence-electron chi connectivity index (χ1n) is 12.8. The van der Waals surface area contributed by atoms with E-state index in [0.717, 1.165) is 32.1 Å². The summed E-state index contributed by atoms with van der Waals surface area (Å²) in [6.45, 7) is 13.0. The zero-order valence-electron chi connectivity index (χ0n) is 22.3. The van der Waals surface area contributed by atoms with Crippen molar-refractivity contribution < 1.29 is 19.1 Å². The Bertz CT molecular complexity index is 1000. The number of carbonyl (C=O) groups is 3. The predicted octanol–water partition coefficient (Wildman–Crippen LogP) is 5.49. The van der Waals surface area contributed by atoms with E-state index in [2.05, 4.69) is 18.8 Å². The Morgan fingerprint density at radius 2 is 1.83 bits per heavy atom. The van der Waals surface area contributed by atoms with Crippen LogP contribution in [-0.2, 0) is 14.3 Å². The van der Waals surface area contributed by atoms with Gasteiger partial charge in [0.15, 0.2) is 0 Å². The van der Waals surface area contributed by atoms with Crippen LogP contribution in [0.15, 0.2) is 6.07 Å². The van der Waals surface area contributed by atoms with Gasteiger partial charge in [-0.25, -0.2) is 4.79 Å². The minimum absolute atomic E-state index is 0.0480. The summed E-state index contributed by atoms with van der Waals surface area (Å²) in [6.07, 6.45) is 5.00. The van der Waals surface area contributed by atoms with Gasteiger partial charge >= 0.3 is 5.97 Å². The molecule has 2 amide bonds. The van der Waals surface area contributed by atoms with Gasteiger partial charge in [-0.1, -0.05) is 18.8 Å². The first-order chi connectivity index (χ1) is 16.4. The monoisotopic (exact) mass is 500 g/mol. The Morgan fingerprint density at radius 1 is 1.17 bits per heavy atom. The number of nitrogens with zero attached hydrogens (tertiary/aromatic N) is 2. The largest absolute Gasteiger partial charge is 0.465 e.